The maximum Gasteiger partial charge on any atom is 0.127 e. The molecule has 0 fully saturated rings. The molecule has 0 unspecified atom stereocenters. The van der Waals surface area contributed by atoms with Crippen molar-refractivity contribution < 1.29 is 26.3 Å². The second-order valence-corrected chi connectivity index (χ2v) is 9.23. The summed E-state index contributed by atoms with van der Waals surface area (Å²) >= 11 is 0. The van der Waals surface area contributed by atoms with E-state index in [1.165, 1.54) is 0 Å². The second-order valence-electron chi connectivity index (χ2n) is 5.35. The van der Waals surface area contributed by atoms with E-state index in [-0.39, 0.29) is 14.7 Å². The molecule has 0 aromatic heterocycles. The predicted molar refractivity (Wildman–Crippen MR) is 87.3 cm³/mol. The molecule has 26 heavy (non-hydrogen) atoms. The van der Waals surface area contributed by atoms with Gasteiger partial charge in [-0.3, -0.25) is 0 Å². The topological polar surface area (TPSA) is 0 Å². The average molecular weight is 407 g/mol. The molecule has 3 aromatic rings. The van der Waals surface area contributed by atoms with Crippen LogP contribution < -0.4 is 0 Å². The van der Waals surface area contributed by atoms with Gasteiger partial charge in [-0.2, -0.15) is 0 Å². The third-order valence-electron chi connectivity index (χ3n) is 3.48. The molecule has 0 aliphatic carbocycles. The van der Waals surface area contributed by atoms with Crippen LogP contribution in [0.25, 0.3) is 0 Å². The first-order valence-corrected chi connectivity index (χ1v) is 9.56. The molecule has 0 bridgehead atoms. The van der Waals surface area contributed by atoms with Crippen molar-refractivity contribution in [2.45, 2.75) is 14.7 Å². The van der Waals surface area contributed by atoms with E-state index in [0.717, 1.165) is 36.4 Å². The van der Waals surface area contributed by atoms with Crippen molar-refractivity contribution in [3.63, 3.8) is 0 Å². The fraction of sp³-hybridized carbons (Fsp3) is 0. The molecule has 136 valence electrons. The van der Waals surface area contributed by atoms with Gasteiger partial charge in [0.1, 0.15) is 34.9 Å². The van der Waals surface area contributed by atoms with Crippen LogP contribution in [0, 0.1) is 34.9 Å². The molecule has 0 saturated carbocycles. The third-order valence-corrected chi connectivity index (χ3v) is 7.74. The Morgan fingerprint density at radius 3 is 0.808 bits per heavy atom. The fourth-order valence-electron chi connectivity index (χ4n) is 2.48. The molecule has 0 heterocycles. The molecule has 0 nitrogen and oxygen atoms in total. The summed E-state index contributed by atoms with van der Waals surface area (Å²) in [5, 5.41) is 0. The summed E-state index contributed by atoms with van der Waals surface area (Å²) in [7, 11) is 3.35. The van der Waals surface area contributed by atoms with Gasteiger partial charge in [-0.15, -0.1) is 0 Å². The molecule has 3 aromatic carbocycles. The minimum absolute atomic E-state index is 0.202. The van der Waals surface area contributed by atoms with Crippen LogP contribution in [0.15, 0.2) is 69.3 Å². The molecular formula is C18H9ClF6S. The number of benzene rings is 3. The number of rotatable bonds is 3. The lowest BCUT2D eigenvalue weighted by molar-refractivity contribution is 0.575. The normalized spacial score (nSPS) is 12.3. The first kappa shape index (κ1) is 18.7. The van der Waals surface area contributed by atoms with Gasteiger partial charge in [0.05, 0.1) is 0 Å². The quantitative estimate of drug-likeness (QED) is 0.412. The van der Waals surface area contributed by atoms with Crippen molar-refractivity contribution in [3.05, 3.63) is 89.5 Å². The summed E-state index contributed by atoms with van der Waals surface area (Å²) in [6, 6.07) is 6.89. The monoisotopic (exact) mass is 406 g/mol. The number of hydrogen-bond donors (Lipinski definition) is 0. The smallest absolute Gasteiger partial charge is 0.127 e. The summed E-state index contributed by atoms with van der Waals surface area (Å²) in [5.41, 5.74) is 0. The van der Waals surface area contributed by atoms with Gasteiger partial charge in [-0.05, 0) is 36.4 Å². The van der Waals surface area contributed by atoms with E-state index in [2.05, 4.69) is 0 Å². The SMILES string of the molecule is Fc1cc(F)cc(S(Cl)(c2cc(F)cc(F)c2)c2cc(F)cc(F)c2)c1. The Kier molecular flexibility index (Phi) is 4.94. The molecule has 0 N–H and O–H groups in total. The fourth-order valence-corrected chi connectivity index (χ4v) is 5.75. The molecule has 3 rings (SSSR count). The largest absolute Gasteiger partial charge is 0.207 e. The second kappa shape index (κ2) is 6.89. The van der Waals surface area contributed by atoms with Crippen molar-refractivity contribution in [1.82, 2.24) is 0 Å². The molecular weight excluding hydrogens is 398 g/mol. The number of hydrogen-bond acceptors (Lipinski definition) is 0. The van der Waals surface area contributed by atoms with Crippen LogP contribution in [-0.4, -0.2) is 0 Å². The minimum Gasteiger partial charge on any atom is -0.207 e. The highest BCUT2D eigenvalue weighted by atomic mass is 35.7. The van der Waals surface area contributed by atoms with Gasteiger partial charge in [0.15, 0.2) is 0 Å². The zero-order valence-electron chi connectivity index (χ0n) is 12.8. The lowest BCUT2D eigenvalue weighted by Gasteiger charge is -2.34. The maximum atomic E-state index is 13.7. The molecule has 0 aliphatic rings. The van der Waals surface area contributed by atoms with Crippen molar-refractivity contribution in [2.24, 2.45) is 0 Å². The van der Waals surface area contributed by atoms with Crippen LogP contribution in [0.2, 0.25) is 0 Å². The lowest BCUT2D eigenvalue weighted by atomic mass is 10.3. The average Bonchev–Trinajstić information content (AvgIpc) is 2.51. The van der Waals surface area contributed by atoms with Gasteiger partial charge in [-0.25, -0.2) is 26.3 Å². The highest BCUT2D eigenvalue weighted by Gasteiger charge is 2.32. The van der Waals surface area contributed by atoms with Crippen molar-refractivity contribution in [3.8, 4) is 0 Å². The summed E-state index contributed by atoms with van der Waals surface area (Å²) in [6.07, 6.45) is 0. The Bertz CT molecular complexity index is 805. The standard InChI is InChI=1S/C18H9ClF6S/c19-26(16-4-10(20)1-11(21)5-16,17-6-12(22)2-13(23)7-17)18-8-14(24)3-15(25)9-18/h1-9H. The molecule has 0 aliphatic heterocycles. The molecule has 0 spiro atoms. The zero-order chi connectivity index (χ0) is 19.1. The van der Waals surface area contributed by atoms with Crippen LogP contribution in [-0.2, 0) is 0 Å². The maximum absolute atomic E-state index is 13.7. The van der Waals surface area contributed by atoms with E-state index >= 15 is 0 Å². The van der Waals surface area contributed by atoms with E-state index in [0.29, 0.717) is 18.2 Å². The highest BCUT2D eigenvalue weighted by Crippen LogP contribution is 2.72. The Balaban J connectivity index is 2.38. The van der Waals surface area contributed by atoms with Gasteiger partial charge >= 0.3 is 0 Å². The zero-order valence-corrected chi connectivity index (χ0v) is 14.3. The van der Waals surface area contributed by atoms with E-state index in [4.69, 9.17) is 10.7 Å². The highest BCUT2D eigenvalue weighted by molar-refractivity contribution is 8.51. The Morgan fingerprint density at radius 1 is 0.423 bits per heavy atom. The van der Waals surface area contributed by atoms with E-state index in [1.807, 2.05) is 0 Å². The van der Waals surface area contributed by atoms with Crippen molar-refractivity contribution in [2.75, 3.05) is 0 Å². The lowest BCUT2D eigenvalue weighted by Crippen LogP contribution is -2.01. The van der Waals surface area contributed by atoms with Crippen LogP contribution in [0.5, 0.6) is 0 Å². The molecule has 0 amide bonds. The van der Waals surface area contributed by atoms with E-state index < -0.39 is 44.1 Å². The van der Waals surface area contributed by atoms with Crippen LogP contribution in [0.3, 0.4) is 0 Å². The Labute approximate surface area is 150 Å². The minimum atomic E-state index is -3.28. The van der Waals surface area contributed by atoms with Crippen LogP contribution in [0.1, 0.15) is 0 Å². The predicted octanol–water partition coefficient (Wildman–Crippen LogP) is 6.96. The van der Waals surface area contributed by atoms with Crippen LogP contribution in [0.4, 0.5) is 26.3 Å². The molecule has 0 radical (unpaired) electrons. The first-order valence-electron chi connectivity index (χ1n) is 7.10. The first-order chi connectivity index (χ1) is 12.2. The molecule has 0 atom stereocenters. The number of halogens is 7. The summed E-state index contributed by atoms with van der Waals surface area (Å²) < 4.78 is 82.4. The Morgan fingerprint density at radius 2 is 0.615 bits per heavy atom. The summed E-state index contributed by atoms with van der Waals surface area (Å²) in [5.74, 6) is -5.97. The van der Waals surface area contributed by atoms with Gasteiger partial charge in [0, 0.05) is 32.9 Å². The van der Waals surface area contributed by atoms with E-state index in [9.17, 15) is 26.3 Å². The molecule has 8 heteroatoms. The van der Waals surface area contributed by atoms with Gasteiger partial charge in [0.2, 0.25) is 0 Å². The van der Waals surface area contributed by atoms with Gasteiger partial charge in [-0.1, -0.05) is 19.9 Å². The third kappa shape index (κ3) is 3.54. The van der Waals surface area contributed by atoms with E-state index in [1.54, 1.807) is 0 Å². The van der Waals surface area contributed by atoms with Crippen LogP contribution >= 0.6 is 19.9 Å². The van der Waals surface area contributed by atoms with Crippen molar-refractivity contribution >= 4 is 19.9 Å². The Hall–Kier alpha value is -2.12. The van der Waals surface area contributed by atoms with Gasteiger partial charge < -0.3 is 0 Å². The summed E-state index contributed by atoms with van der Waals surface area (Å²) in [6.45, 7) is 0. The molecule has 0 saturated heterocycles. The van der Waals surface area contributed by atoms with Gasteiger partial charge in [0.25, 0.3) is 0 Å². The summed E-state index contributed by atoms with van der Waals surface area (Å²) in [4.78, 5) is -0.606. The van der Waals surface area contributed by atoms with Crippen molar-refractivity contribution in [1.29, 1.82) is 0 Å².